The molecule has 1 aromatic heterocycles. The van der Waals surface area contributed by atoms with Crippen LogP contribution in [-0.2, 0) is 42.9 Å². The van der Waals surface area contributed by atoms with Crippen molar-refractivity contribution >= 4 is 47.7 Å². The predicted molar refractivity (Wildman–Crippen MR) is 142 cm³/mol. The average Bonchev–Trinajstić information content (AvgIpc) is 2.85. The van der Waals surface area contributed by atoms with Crippen molar-refractivity contribution < 1.29 is 42.9 Å². The number of carbonyl (C=O) groups excluding carboxylic acids is 4. The van der Waals surface area contributed by atoms with Gasteiger partial charge in [0.25, 0.3) is 0 Å². The van der Waals surface area contributed by atoms with E-state index in [4.69, 9.17) is 47.5 Å². The first kappa shape index (κ1) is 30.7. The molecule has 0 spiro atoms. The monoisotopic (exact) mass is 590 g/mol. The maximum Gasteiger partial charge on any atom is 0.303 e. The molecule has 1 saturated heterocycles. The zero-order valence-electron chi connectivity index (χ0n) is 22.3. The first-order valence-corrected chi connectivity index (χ1v) is 12.8. The number of aromatic nitrogens is 1. The number of nitrogens with zero attached hydrogens (tertiary/aromatic N) is 2. The van der Waals surface area contributed by atoms with Crippen molar-refractivity contribution in [3.63, 3.8) is 0 Å². The van der Waals surface area contributed by atoms with Gasteiger partial charge in [0, 0.05) is 44.0 Å². The number of ether oxygens (including phenoxy) is 5. The Morgan fingerprint density at radius 1 is 0.950 bits per heavy atom. The first-order valence-electron chi connectivity index (χ1n) is 12.1. The van der Waals surface area contributed by atoms with Gasteiger partial charge in [-0.2, -0.15) is 5.26 Å². The predicted octanol–water partition coefficient (Wildman–Crippen LogP) is 3.97. The van der Waals surface area contributed by atoms with E-state index in [1.54, 1.807) is 37.3 Å². The highest BCUT2D eigenvalue weighted by molar-refractivity contribution is 7.71. The van der Waals surface area contributed by atoms with Crippen molar-refractivity contribution in [2.24, 2.45) is 0 Å². The first-order chi connectivity index (χ1) is 18.8. The fourth-order valence-corrected chi connectivity index (χ4v) is 4.97. The molecular formula is C27H27ClN2O9S. The van der Waals surface area contributed by atoms with Crippen LogP contribution in [0, 0.1) is 22.9 Å². The Hall–Kier alpha value is -3.79. The molecule has 5 atom stereocenters. The Labute approximate surface area is 240 Å². The third kappa shape index (κ3) is 7.04. The van der Waals surface area contributed by atoms with Gasteiger partial charge in [-0.1, -0.05) is 36.0 Å². The van der Waals surface area contributed by atoms with Crippen LogP contribution in [0.1, 0.15) is 45.2 Å². The molecule has 1 aromatic carbocycles. The van der Waals surface area contributed by atoms with Crippen LogP contribution in [0.4, 0.5) is 0 Å². The lowest BCUT2D eigenvalue weighted by molar-refractivity contribution is -0.269. The standard InChI is InChI=1S/C27H27ClN2O9S/c1-13-10-20(18-6-8-19(28)9-7-18)21(11-29)27(40)30(13)26-25(38-17(5)34)24(37-16(4)33)23(36-15(3)32)22(39-26)12-35-14(2)31/h6-10,22-26H,12H2,1-5H3. The minimum atomic E-state index is -1.38. The van der Waals surface area contributed by atoms with Crippen molar-refractivity contribution in [3.8, 4) is 17.2 Å². The summed E-state index contributed by atoms with van der Waals surface area (Å²) in [5, 5.41) is 10.6. The quantitative estimate of drug-likeness (QED) is 0.262. The number of aryl methyl sites for hydroxylation is 1. The van der Waals surface area contributed by atoms with Crippen LogP contribution in [0.2, 0.25) is 5.02 Å². The SMILES string of the molecule is CC(=O)OCC1OC(n2c(C)cc(-c3ccc(Cl)cc3)c(C#N)c2=S)C(OC(C)=O)C(OC(C)=O)C1OC(C)=O. The lowest BCUT2D eigenvalue weighted by Crippen LogP contribution is -2.60. The van der Waals surface area contributed by atoms with Gasteiger partial charge in [-0.25, -0.2) is 0 Å². The van der Waals surface area contributed by atoms with Crippen LogP contribution in [0.3, 0.4) is 0 Å². The smallest absolute Gasteiger partial charge is 0.303 e. The minimum Gasteiger partial charge on any atom is -0.463 e. The molecule has 212 valence electrons. The number of hydrogen-bond donors (Lipinski definition) is 0. The van der Waals surface area contributed by atoms with E-state index in [1.165, 1.54) is 11.5 Å². The van der Waals surface area contributed by atoms with E-state index in [9.17, 15) is 24.4 Å². The molecule has 40 heavy (non-hydrogen) atoms. The molecule has 5 unspecified atom stereocenters. The highest BCUT2D eigenvalue weighted by Crippen LogP contribution is 2.37. The number of esters is 4. The number of nitriles is 1. The van der Waals surface area contributed by atoms with Crippen LogP contribution in [0.5, 0.6) is 0 Å². The molecule has 0 N–H and O–H groups in total. The van der Waals surface area contributed by atoms with E-state index >= 15 is 0 Å². The number of hydrogen-bond acceptors (Lipinski definition) is 11. The van der Waals surface area contributed by atoms with Crippen LogP contribution in [-0.4, -0.2) is 59.5 Å². The van der Waals surface area contributed by atoms with Gasteiger partial charge in [-0.15, -0.1) is 0 Å². The minimum absolute atomic E-state index is 0.0355. The molecule has 0 bridgehead atoms. The zero-order chi connectivity index (χ0) is 29.7. The number of halogens is 1. The third-order valence-corrected chi connectivity index (χ3v) is 6.58. The molecule has 0 amide bonds. The number of carbonyl (C=O) groups is 4. The molecule has 2 aromatic rings. The molecule has 11 nitrogen and oxygen atoms in total. The second kappa shape index (κ2) is 13.0. The summed E-state index contributed by atoms with van der Waals surface area (Å²) in [6, 6.07) is 10.7. The normalized spacial score (nSPS) is 22.0. The largest absolute Gasteiger partial charge is 0.463 e. The number of rotatable bonds is 7. The summed E-state index contributed by atoms with van der Waals surface area (Å²) in [4.78, 5) is 48.0. The Morgan fingerprint density at radius 2 is 1.50 bits per heavy atom. The molecule has 0 radical (unpaired) electrons. The molecule has 1 fully saturated rings. The summed E-state index contributed by atoms with van der Waals surface area (Å²) in [5.74, 6) is -2.90. The van der Waals surface area contributed by atoms with E-state index in [0.29, 0.717) is 21.8 Å². The van der Waals surface area contributed by atoms with Gasteiger partial charge in [-0.05, 0) is 30.7 Å². The van der Waals surface area contributed by atoms with Gasteiger partial charge in [0.15, 0.2) is 24.5 Å². The number of pyridine rings is 1. The second-order valence-electron chi connectivity index (χ2n) is 8.96. The maximum absolute atomic E-state index is 12.2. The van der Waals surface area contributed by atoms with Gasteiger partial charge in [0.2, 0.25) is 0 Å². The maximum atomic E-state index is 12.2. The molecular weight excluding hydrogens is 564 g/mol. The van der Waals surface area contributed by atoms with E-state index in [1.807, 2.05) is 0 Å². The molecule has 2 heterocycles. The summed E-state index contributed by atoms with van der Waals surface area (Å²) in [6.45, 7) is 5.90. The highest BCUT2D eigenvalue weighted by atomic mass is 35.5. The molecule has 1 aliphatic heterocycles. The zero-order valence-corrected chi connectivity index (χ0v) is 23.9. The van der Waals surface area contributed by atoms with Gasteiger partial charge < -0.3 is 28.3 Å². The van der Waals surface area contributed by atoms with Crippen LogP contribution in [0.25, 0.3) is 11.1 Å². The van der Waals surface area contributed by atoms with E-state index in [-0.39, 0.29) is 10.2 Å². The van der Waals surface area contributed by atoms with Crippen LogP contribution >= 0.6 is 23.8 Å². The molecule has 0 saturated carbocycles. The Balaban J connectivity index is 2.25. The average molecular weight is 591 g/mol. The Bertz CT molecular complexity index is 1420. The molecule has 3 rings (SSSR count). The van der Waals surface area contributed by atoms with E-state index in [2.05, 4.69) is 6.07 Å². The second-order valence-corrected chi connectivity index (χ2v) is 9.78. The van der Waals surface area contributed by atoms with Gasteiger partial charge in [-0.3, -0.25) is 19.2 Å². The van der Waals surface area contributed by atoms with Crippen molar-refractivity contribution in [2.45, 2.75) is 65.3 Å². The molecule has 13 heteroatoms. The third-order valence-electron chi connectivity index (χ3n) is 5.92. The van der Waals surface area contributed by atoms with E-state index < -0.39 is 61.1 Å². The summed E-state index contributed by atoms with van der Waals surface area (Å²) in [7, 11) is 0. The van der Waals surface area contributed by atoms with Crippen molar-refractivity contribution in [1.82, 2.24) is 4.57 Å². The molecule has 0 aliphatic carbocycles. The summed E-state index contributed by atoms with van der Waals surface area (Å²) in [5.41, 5.74) is 1.83. The van der Waals surface area contributed by atoms with Gasteiger partial charge >= 0.3 is 23.9 Å². The Morgan fingerprint density at radius 3 is 2.02 bits per heavy atom. The number of benzene rings is 1. The van der Waals surface area contributed by atoms with Crippen molar-refractivity contribution in [3.05, 3.63) is 51.3 Å². The summed E-state index contributed by atoms with van der Waals surface area (Å²) < 4.78 is 29.3. The highest BCUT2D eigenvalue weighted by Gasteiger charge is 2.53. The van der Waals surface area contributed by atoms with Gasteiger partial charge in [0.1, 0.15) is 23.4 Å². The Kier molecular flexibility index (Phi) is 10.0. The molecule has 1 aliphatic rings. The fraction of sp³-hybridized carbons (Fsp3) is 0.407. The fourth-order valence-electron chi connectivity index (χ4n) is 4.44. The van der Waals surface area contributed by atoms with Crippen molar-refractivity contribution in [2.75, 3.05) is 6.61 Å². The summed E-state index contributed by atoms with van der Waals surface area (Å²) in [6.07, 6.45) is -6.53. The van der Waals surface area contributed by atoms with E-state index in [0.717, 1.165) is 20.8 Å². The topological polar surface area (TPSA) is 143 Å². The van der Waals surface area contributed by atoms with Gasteiger partial charge in [0.05, 0.1) is 5.56 Å². The lowest BCUT2D eigenvalue weighted by atomic mass is 9.96. The lowest BCUT2D eigenvalue weighted by Gasteiger charge is -2.45. The van der Waals surface area contributed by atoms with Crippen LogP contribution in [0.15, 0.2) is 30.3 Å². The van der Waals surface area contributed by atoms with Crippen LogP contribution < -0.4 is 0 Å². The van der Waals surface area contributed by atoms with Crippen molar-refractivity contribution in [1.29, 1.82) is 5.26 Å². The summed E-state index contributed by atoms with van der Waals surface area (Å²) >= 11 is 11.8.